The summed E-state index contributed by atoms with van der Waals surface area (Å²) >= 11 is 2.17. The van der Waals surface area contributed by atoms with E-state index in [1.165, 1.54) is 3.90 Å². The second-order valence-corrected chi connectivity index (χ2v) is 5.41. The van der Waals surface area contributed by atoms with Gasteiger partial charge >= 0.3 is 96.5 Å². The van der Waals surface area contributed by atoms with Gasteiger partial charge in [-0.15, -0.1) is 0 Å². The van der Waals surface area contributed by atoms with Crippen molar-refractivity contribution in [3.05, 3.63) is 48.6 Å². The van der Waals surface area contributed by atoms with Crippen molar-refractivity contribution in [3.63, 3.8) is 0 Å². The Morgan fingerprint density at radius 2 is 1.29 bits per heavy atom. The van der Waals surface area contributed by atoms with Crippen LogP contribution < -0.4 is 0 Å². The quantitative estimate of drug-likeness (QED) is 0.689. The molecule has 0 aromatic carbocycles. The van der Waals surface area contributed by atoms with Crippen molar-refractivity contribution in [1.29, 1.82) is 0 Å². The summed E-state index contributed by atoms with van der Waals surface area (Å²) < 4.78 is 1.53. The molecular formula is C13H14Mo. The van der Waals surface area contributed by atoms with Gasteiger partial charge < -0.3 is 0 Å². The van der Waals surface area contributed by atoms with Crippen LogP contribution in [0.4, 0.5) is 0 Å². The molecule has 0 aliphatic heterocycles. The van der Waals surface area contributed by atoms with Gasteiger partial charge in [0.1, 0.15) is 0 Å². The summed E-state index contributed by atoms with van der Waals surface area (Å²) in [4.78, 5) is 0. The van der Waals surface area contributed by atoms with E-state index in [1.807, 2.05) is 0 Å². The topological polar surface area (TPSA) is 0 Å². The molecule has 0 aromatic heterocycles. The summed E-state index contributed by atoms with van der Waals surface area (Å²) in [6.45, 7) is 2.25. The van der Waals surface area contributed by atoms with E-state index in [0.29, 0.717) is 17.8 Å². The molecule has 0 atom stereocenters. The molecule has 2 rings (SSSR count). The molecule has 0 aromatic rings. The normalized spacial score (nSPS) is 20.4. The first kappa shape index (κ1) is 10.1. The zero-order chi connectivity index (χ0) is 9.97. The Hall–Kier alpha value is -0.482. The third-order valence-electron chi connectivity index (χ3n) is 2.85. The molecule has 0 fully saturated rings. The maximum atomic E-state index is 2.30. The molecule has 0 saturated carbocycles. The third-order valence-corrected chi connectivity index (χ3v) is 3.52. The molecule has 2 aliphatic rings. The molecule has 1 heteroatoms. The first-order valence-corrected chi connectivity index (χ1v) is 6.00. The van der Waals surface area contributed by atoms with E-state index in [1.54, 1.807) is 0 Å². The van der Waals surface area contributed by atoms with Gasteiger partial charge in [-0.3, -0.25) is 0 Å². The van der Waals surface area contributed by atoms with E-state index in [-0.39, 0.29) is 0 Å². The van der Waals surface area contributed by atoms with Gasteiger partial charge in [0.2, 0.25) is 0 Å². The minimum atomic E-state index is 0.597. The Bertz CT molecular complexity index is 292. The molecular weight excluding hydrogens is 252 g/mol. The van der Waals surface area contributed by atoms with Crippen LogP contribution in [-0.4, -0.2) is 3.90 Å². The molecule has 0 amide bonds. The number of allylic oxidation sites excluding steroid dienone is 8. The molecule has 0 radical (unpaired) electrons. The number of hydrogen-bond donors (Lipinski definition) is 0. The van der Waals surface area contributed by atoms with Gasteiger partial charge in [0.15, 0.2) is 0 Å². The van der Waals surface area contributed by atoms with Crippen molar-refractivity contribution in [1.82, 2.24) is 0 Å². The van der Waals surface area contributed by atoms with Gasteiger partial charge in [0, 0.05) is 0 Å². The molecule has 0 saturated heterocycles. The molecule has 72 valence electrons. The van der Waals surface area contributed by atoms with E-state index in [2.05, 4.69) is 74.9 Å². The van der Waals surface area contributed by atoms with Crippen LogP contribution in [0.3, 0.4) is 0 Å². The van der Waals surface area contributed by atoms with Crippen molar-refractivity contribution in [2.75, 3.05) is 0 Å². The van der Waals surface area contributed by atoms with Crippen LogP contribution in [0.25, 0.3) is 0 Å². The summed E-state index contributed by atoms with van der Waals surface area (Å²) in [5.41, 5.74) is 0. The SMILES string of the molecule is C[C](=[Mo])C(C1C=CC=C1)C1C=CC=C1. The van der Waals surface area contributed by atoms with Crippen LogP contribution in [0.2, 0.25) is 0 Å². The zero-order valence-corrected chi connectivity index (χ0v) is 10.3. The predicted molar refractivity (Wildman–Crippen MR) is 57.7 cm³/mol. The van der Waals surface area contributed by atoms with E-state index in [0.717, 1.165) is 0 Å². The number of rotatable bonds is 3. The Balaban J connectivity index is 2.19. The minimum absolute atomic E-state index is 0.597. The van der Waals surface area contributed by atoms with Crippen LogP contribution in [0, 0.1) is 17.8 Å². The standard InChI is InChI=1S/C13H14.Mo/c1-2-13(11-7-3-4-8-11)12-9-5-6-10-12;/h3-13H,1H3;. The van der Waals surface area contributed by atoms with Crippen LogP contribution in [0.5, 0.6) is 0 Å². The van der Waals surface area contributed by atoms with Gasteiger partial charge in [-0.05, 0) is 0 Å². The fourth-order valence-corrected chi connectivity index (χ4v) is 2.95. The summed E-state index contributed by atoms with van der Waals surface area (Å²) in [5.74, 6) is 1.84. The van der Waals surface area contributed by atoms with E-state index in [4.69, 9.17) is 0 Å². The van der Waals surface area contributed by atoms with E-state index >= 15 is 0 Å². The maximum absolute atomic E-state index is 2.30. The molecule has 0 heterocycles. The fourth-order valence-electron chi connectivity index (χ4n) is 2.18. The number of hydrogen-bond acceptors (Lipinski definition) is 0. The predicted octanol–water partition coefficient (Wildman–Crippen LogP) is 2.83. The van der Waals surface area contributed by atoms with Crippen LogP contribution in [0.1, 0.15) is 6.92 Å². The molecule has 2 aliphatic carbocycles. The van der Waals surface area contributed by atoms with Crippen molar-refractivity contribution in [2.24, 2.45) is 17.8 Å². The first-order valence-electron chi connectivity index (χ1n) is 4.99. The van der Waals surface area contributed by atoms with Crippen molar-refractivity contribution >= 4 is 3.90 Å². The molecule has 14 heavy (non-hydrogen) atoms. The Kier molecular flexibility index (Phi) is 3.13. The average molecular weight is 266 g/mol. The van der Waals surface area contributed by atoms with Gasteiger partial charge in [0.05, 0.1) is 0 Å². The summed E-state index contributed by atoms with van der Waals surface area (Å²) in [5, 5.41) is 0. The second-order valence-electron chi connectivity index (χ2n) is 3.83. The Morgan fingerprint density at radius 1 is 0.929 bits per heavy atom. The molecule has 0 spiro atoms. The average Bonchev–Trinajstić information content (AvgIpc) is 2.75. The Labute approximate surface area is 96.5 Å². The van der Waals surface area contributed by atoms with E-state index in [9.17, 15) is 0 Å². The van der Waals surface area contributed by atoms with Crippen molar-refractivity contribution < 1.29 is 19.4 Å². The van der Waals surface area contributed by atoms with Crippen LogP contribution in [-0.2, 0) is 19.4 Å². The van der Waals surface area contributed by atoms with Crippen LogP contribution >= 0.6 is 0 Å². The van der Waals surface area contributed by atoms with E-state index < -0.39 is 0 Å². The zero-order valence-electron chi connectivity index (χ0n) is 8.26. The monoisotopic (exact) mass is 268 g/mol. The van der Waals surface area contributed by atoms with Gasteiger partial charge in [-0.25, -0.2) is 0 Å². The molecule has 0 bridgehead atoms. The summed E-state index contributed by atoms with van der Waals surface area (Å²) in [6, 6.07) is 0. The third kappa shape index (κ3) is 1.96. The van der Waals surface area contributed by atoms with Gasteiger partial charge in [-0.2, -0.15) is 0 Å². The molecule has 0 nitrogen and oxygen atoms in total. The Morgan fingerprint density at radius 3 is 1.57 bits per heavy atom. The molecule has 0 unspecified atom stereocenters. The second kappa shape index (κ2) is 4.36. The molecule has 0 N–H and O–H groups in total. The summed E-state index contributed by atoms with van der Waals surface area (Å²) in [6.07, 6.45) is 17.8. The fraction of sp³-hybridized carbons (Fsp3) is 0.308. The van der Waals surface area contributed by atoms with Crippen molar-refractivity contribution in [2.45, 2.75) is 6.92 Å². The van der Waals surface area contributed by atoms with Crippen molar-refractivity contribution in [3.8, 4) is 0 Å². The van der Waals surface area contributed by atoms with Gasteiger partial charge in [-0.1, -0.05) is 0 Å². The summed E-state index contributed by atoms with van der Waals surface area (Å²) in [7, 11) is 0. The van der Waals surface area contributed by atoms with Gasteiger partial charge in [0.25, 0.3) is 0 Å². The first-order chi connectivity index (χ1) is 6.79. The van der Waals surface area contributed by atoms with Crippen LogP contribution in [0.15, 0.2) is 48.6 Å².